The van der Waals surface area contributed by atoms with E-state index in [0.29, 0.717) is 24.4 Å². The van der Waals surface area contributed by atoms with Crippen LogP contribution in [0.25, 0.3) is 0 Å². The van der Waals surface area contributed by atoms with Crippen molar-refractivity contribution >= 4 is 5.78 Å². The number of hydrogen-bond acceptors (Lipinski definition) is 4. The van der Waals surface area contributed by atoms with Crippen molar-refractivity contribution in [3.63, 3.8) is 0 Å². The summed E-state index contributed by atoms with van der Waals surface area (Å²) >= 11 is 0. The van der Waals surface area contributed by atoms with Crippen molar-refractivity contribution in [2.24, 2.45) is 0 Å². The molecular formula is C14H25N3O2. The van der Waals surface area contributed by atoms with Crippen molar-refractivity contribution in [2.75, 3.05) is 27.7 Å². The van der Waals surface area contributed by atoms with Crippen molar-refractivity contribution in [2.45, 2.75) is 39.2 Å². The molecule has 0 unspecified atom stereocenters. The summed E-state index contributed by atoms with van der Waals surface area (Å²) in [6.07, 6.45) is 5.32. The first-order valence-electron chi connectivity index (χ1n) is 6.87. The van der Waals surface area contributed by atoms with Gasteiger partial charge in [-0.15, -0.1) is 0 Å². The summed E-state index contributed by atoms with van der Waals surface area (Å²) in [5.41, 5.74) is 0.612. The molecule has 0 spiro atoms. The van der Waals surface area contributed by atoms with Gasteiger partial charge in [0.05, 0.1) is 19.9 Å². The van der Waals surface area contributed by atoms with Gasteiger partial charge in [-0.2, -0.15) is 5.10 Å². The molecule has 0 aliphatic rings. The van der Waals surface area contributed by atoms with Crippen molar-refractivity contribution in [3.8, 4) is 5.75 Å². The number of methoxy groups -OCH3 is 1. The lowest BCUT2D eigenvalue weighted by molar-refractivity contribution is 0.0965. The molecule has 0 saturated carbocycles. The summed E-state index contributed by atoms with van der Waals surface area (Å²) in [5, 5.41) is 4.25. The molecule has 1 rings (SSSR count). The average molecular weight is 267 g/mol. The molecule has 0 aromatic carbocycles. The molecule has 0 bridgehead atoms. The van der Waals surface area contributed by atoms with Crippen LogP contribution >= 0.6 is 0 Å². The summed E-state index contributed by atoms with van der Waals surface area (Å²) in [6.45, 7) is 3.68. The van der Waals surface area contributed by atoms with Gasteiger partial charge in [-0.05, 0) is 20.5 Å². The van der Waals surface area contributed by atoms with Crippen LogP contribution in [0, 0.1) is 0 Å². The zero-order chi connectivity index (χ0) is 14.3. The molecule has 0 atom stereocenters. The van der Waals surface area contributed by atoms with E-state index in [0.717, 1.165) is 25.8 Å². The highest BCUT2D eigenvalue weighted by atomic mass is 16.5. The number of ether oxygens (including phenoxy) is 1. The summed E-state index contributed by atoms with van der Waals surface area (Å²) in [5.74, 6) is 0.710. The van der Waals surface area contributed by atoms with Crippen LogP contribution in [-0.4, -0.2) is 48.2 Å². The van der Waals surface area contributed by atoms with Crippen LogP contribution in [0.2, 0.25) is 0 Å². The molecule has 0 aliphatic heterocycles. The minimum absolute atomic E-state index is 0.126. The van der Waals surface area contributed by atoms with Gasteiger partial charge in [0.1, 0.15) is 5.69 Å². The predicted octanol–water partition coefficient (Wildman–Crippen LogP) is 2.22. The smallest absolute Gasteiger partial charge is 0.184 e. The Morgan fingerprint density at radius 1 is 1.42 bits per heavy atom. The van der Waals surface area contributed by atoms with Crippen LogP contribution in [-0.2, 0) is 6.54 Å². The van der Waals surface area contributed by atoms with Crippen molar-refractivity contribution in [1.82, 2.24) is 14.7 Å². The fourth-order valence-corrected chi connectivity index (χ4v) is 1.92. The largest absolute Gasteiger partial charge is 0.493 e. The maximum Gasteiger partial charge on any atom is 0.184 e. The van der Waals surface area contributed by atoms with E-state index in [1.54, 1.807) is 18.0 Å². The van der Waals surface area contributed by atoms with Crippen LogP contribution in [0.1, 0.15) is 43.1 Å². The second kappa shape index (κ2) is 7.94. The molecule has 0 amide bonds. The van der Waals surface area contributed by atoms with E-state index in [4.69, 9.17) is 4.74 Å². The highest BCUT2D eigenvalue weighted by molar-refractivity contribution is 5.96. The minimum Gasteiger partial charge on any atom is -0.493 e. The van der Waals surface area contributed by atoms with Gasteiger partial charge in [0, 0.05) is 13.0 Å². The van der Waals surface area contributed by atoms with Gasteiger partial charge >= 0.3 is 0 Å². The van der Waals surface area contributed by atoms with E-state index >= 15 is 0 Å². The molecule has 1 aromatic rings. The van der Waals surface area contributed by atoms with Gasteiger partial charge in [-0.3, -0.25) is 9.48 Å². The third kappa shape index (κ3) is 4.67. The number of likely N-dealkylation sites (N-methyl/N-ethyl adjacent to an activating group) is 1. The molecule has 1 heterocycles. The lowest BCUT2D eigenvalue weighted by Gasteiger charge is -2.12. The van der Waals surface area contributed by atoms with Gasteiger partial charge in [-0.1, -0.05) is 19.8 Å². The van der Waals surface area contributed by atoms with Gasteiger partial charge in [-0.25, -0.2) is 0 Å². The number of carbonyl (C=O) groups excluding carboxylic acids is 1. The van der Waals surface area contributed by atoms with Crippen LogP contribution in [0.5, 0.6) is 5.75 Å². The van der Waals surface area contributed by atoms with Crippen LogP contribution in [0.3, 0.4) is 0 Å². The molecular weight excluding hydrogens is 242 g/mol. The predicted molar refractivity (Wildman–Crippen MR) is 75.8 cm³/mol. The van der Waals surface area contributed by atoms with Crippen LogP contribution < -0.4 is 4.74 Å². The molecule has 5 nitrogen and oxygen atoms in total. The Kier molecular flexibility index (Phi) is 6.56. The van der Waals surface area contributed by atoms with Gasteiger partial charge in [0.15, 0.2) is 11.5 Å². The Balaban J connectivity index is 2.77. The third-order valence-corrected chi connectivity index (χ3v) is 3.06. The quantitative estimate of drug-likeness (QED) is 0.508. The number of unbranched alkanes of at least 4 members (excludes halogenated alkanes) is 2. The highest BCUT2D eigenvalue weighted by Gasteiger charge is 2.18. The van der Waals surface area contributed by atoms with E-state index < -0.39 is 0 Å². The fraction of sp³-hybridized carbons (Fsp3) is 0.714. The van der Waals surface area contributed by atoms with E-state index in [9.17, 15) is 4.79 Å². The summed E-state index contributed by atoms with van der Waals surface area (Å²) in [7, 11) is 5.59. The highest BCUT2D eigenvalue weighted by Crippen LogP contribution is 2.20. The first kappa shape index (κ1) is 15.7. The van der Waals surface area contributed by atoms with Crippen LogP contribution in [0.15, 0.2) is 6.20 Å². The number of ketones is 1. The standard InChI is InChI=1S/C14H25N3O2/c1-5-6-7-8-12(18)14-13(19-4)11-15-17(14)10-9-16(2)3/h11H,5-10H2,1-4H3. The normalized spacial score (nSPS) is 11.0. The van der Waals surface area contributed by atoms with Crippen molar-refractivity contribution in [1.29, 1.82) is 0 Å². The molecule has 1 aromatic heterocycles. The van der Waals surface area contributed by atoms with E-state index in [1.165, 1.54) is 0 Å². The Hall–Kier alpha value is -1.36. The van der Waals surface area contributed by atoms with Crippen LogP contribution in [0.4, 0.5) is 0 Å². The number of aromatic nitrogens is 2. The molecule has 19 heavy (non-hydrogen) atoms. The van der Waals surface area contributed by atoms with E-state index in [2.05, 4.69) is 16.9 Å². The molecule has 5 heteroatoms. The Morgan fingerprint density at radius 2 is 2.16 bits per heavy atom. The van der Waals surface area contributed by atoms with E-state index in [1.807, 2.05) is 14.1 Å². The Morgan fingerprint density at radius 3 is 2.74 bits per heavy atom. The van der Waals surface area contributed by atoms with Crippen molar-refractivity contribution in [3.05, 3.63) is 11.9 Å². The topological polar surface area (TPSA) is 47.4 Å². The summed E-state index contributed by atoms with van der Waals surface area (Å²) in [4.78, 5) is 14.3. The monoisotopic (exact) mass is 267 g/mol. The third-order valence-electron chi connectivity index (χ3n) is 3.06. The fourth-order valence-electron chi connectivity index (χ4n) is 1.92. The van der Waals surface area contributed by atoms with Gasteiger partial charge in [0.25, 0.3) is 0 Å². The summed E-state index contributed by atoms with van der Waals surface area (Å²) < 4.78 is 7.00. The lowest BCUT2D eigenvalue weighted by atomic mass is 10.1. The maximum absolute atomic E-state index is 12.3. The van der Waals surface area contributed by atoms with Gasteiger partial charge < -0.3 is 9.64 Å². The SMILES string of the molecule is CCCCCC(=O)c1c(OC)cnn1CCN(C)C. The number of Topliss-reactive ketones (excluding diaryl/α,β-unsaturated/α-hetero) is 1. The molecule has 0 N–H and O–H groups in total. The maximum atomic E-state index is 12.3. The number of carbonyl (C=O) groups is 1. The molecule has 0 saturated heterocycles. The van der Waals surface area contributed by atoms with Crippen molar-refractivity contribution < 1.29 is 9.53 Å². The first-order chi connectivity index (χ1) is 9.10. The van der Waals surface area contributed by atoms with Gasteiger partial charge in [0.2, 0.25) is 0 Å². The average Bonchev–Trinajstić information content (AvgIpc) is 2.79. The van der Waals surface area contributed by atoms with E-state index in [-0.39, 0.29) is 5.78 Å². The number of rotatable bonds is 9. The molecule has 0 fully saturated rings. The second-order valence-corrected chi connectivity index (χ2v) is 4.97. The zero-order valence-electron chi connectivity index (χ0n) is 12.5. The Labute approximate surface area is 115 Å². The number of nitrogens with zero attached hydrogens (tertiary/aromatic N) is 3. The number of hydrogen-bond donors (Lipinski definition) is 0. The lowest BCUT2D eigenvalue weighted by Crippen LogP contribution is -2.21. The summed E-state index contributed by atoms with van der Waals surface area (Å²) in [6, 6.07) is 0. The Bertz CT molecular complexity index is 399. The molecule has 0 radical (unpaired) electrons. The second-order valence-electron chi connectivity index (χ2n) is 4.97. The minimum atomic E-state index is 0.126. The first-order valence-corrected chi connectivity index (χ1v) is 6.87. The molecule has 108 valence electrons. The zero-order valence-corrected chi connectivity index (χ0v) is 12.5. The molecule has 0 aliphatic carbocycles.